The van der Waals surface area contributed by atoms with Gasteiger partial charge in [-0.15, -0.1) is 0 Å². The Balaban J connectivity index is 2.52. The molecule has 1 nitrogen and oxygen atoms in total. The molecule has 0 radical (unpaired) electrons. The van der Waals surface area contributed by atoms with Gasteiger partial charge in [0.2, 0.25) is 0 Å². The van der Waals surface area contributed by atoms with E-state index in [4.69, 9.17) is 4.42 Å². The number of fused-ring (bicyclic) bond motifs is 3. The molecule has 1 aliphatic heterocycles. The lowest BCUT2D eigenvalue weighted by Gasteiger charge is -1.91. The lowest BCUT2D eigenvalue weighted by Crippen LogP contribution is -1.77. The van der Waals surface area contributed by atoms with E-state index >= 15 is 0 Å². The summed E-state index contributed by atoms with van der Waals surface area (Å²) in [7, 11) is 0. The van der Waals surface area contributed by atoms with E-state index < -0.39 is 0 Å². The summed E-state index contributed by atoms with van der Waals surface area (Å²) in [4.78, 5) is 0. The largest absolute Gasteiger partial charge is 0.364 e. The Morgan fingerprint density at radius 3 is 2.62 bits per heavy atom. The number of hydrogen-bond acceptors (Lipinski definition) is 0. The van der Waals surface area contributed by atoms with E-state index in [1.807, 2.05) is 18.2 Å². The van der Waals surface area contributed by atoms with Crippen LogP contribution in [0.2, 0.25) is 0 Å². The van der Waals surface area contributed by atoms with E-state index in [-0.39, 0.29) is 0 Å². The summed E-state index contributed by atoms with van der Waals surface area (Å²) in [6, 6.07) is 14.6. The van der Waals surface area contributed by atoms with Crippen molar-refractivity contribution in [1.82, 2.24) is 0 Å². The number of rotatable bonds is 0. The van der Waals surface area contributed by atoms with Gasteiger partial charge in [-0.2, -0.15) is 0 Å². The molecular formula is C15H13O+. The monoisotopic (exact) mass is 209 g/mol. The highest BCUT2D eigenvalue weighted by atomic mass is 16.3. The number of furan rings is 1. The quantitative estimate of drug-likeness (QED) is 0.498. The molecule has 0 aromatic heterocycles. The van der Waals surface area contributed by atoms with Crippen LogP contribution in [-0.2, 0) is 0 Å². The molecule has 0 bridgehead atoms. The van der Waals surface area contributed by atoms with Crippen LogP contribution in [-0.4, -0.2) is 0 Å². The van der Waals surface area contributed by atoms with E-state index in [9.17, 15) is 0 Å². The standard InChI is InChI=1S/C15H13O/c1-10-8-11(2)15-13(9-10)12-6-4-3-5-7-14(12)16-15/h3-9H,1-2H3/q+1. The first kappa shape index (κ1) is 9.34. The molecule has 1 heterocycles. The highest BCUT2D eigenvalue weighted by molar-refractivity contribution is 5.96. The van der Waals surface area contributed by atoms with Gasteiger partial charge in [0.05, 0.1) is 16.5 Å². The van der Waals surface area contributed by atoms with Crippen molar-refractivity contribution in [3.63, 3.8) is 0 Å². The highest BCUT2D eigenvalue weighted by Crippen LogP contribution is 2.35. The Kier molecular flexibility index (Phi) is 1.93. The van der Waals surface area contributed by atoms with Gasteiger partial charge in [-0.05, 0) is 37.6 Å². The average Bonchev–Trinajstić information content (AvgIpc) is 2.46. The molecule has 78 valence electrons. The van der Waals surface area contributed by atoms with Crippen molar-refractivity contribution in [2.24, 2.45) is 0 Å². The second-order valence-corrected chi connectivity index (χ2v) is 4.25. The normalized spacial score (nSPS) is 11.1. The van der Waals surface area contributed by atoms with Gasteiger partial charge in [0.25, 0.3) is 0 Å². The van der Waals surface area contributed by atoms with Gasteiger partial charge in [-0.3, -0.25) is 0 Å². The third kappa shape index (κ3) is 1.28. The Hall–Kier alpha value is -1.89. The number of aryl methyl sites for hydroxylation is 2. The van der Waals surface area contributed by atoms with Gasteiger partial charge >= 0.3 is 11.3 Å². The predicted octanol–water partition coefficient (Wildman–Crippen LogP) is 4.44. The van der Waals surface area contributed by atoms with Gasteiger partial charge in [-0.1, -0.05) is 18.2 Å². The second kappa shape index (κ2) is 3.31. The van der Waals surface area contributed by atoms with E-state index in [0.29, 0.717) is 0 Å². The minimum atomic E-state index is 0.953. The molecule has 1 aromatic rings. The third-order valence-electron chi connectivity index (χ3n) is 2.92. The van der Waals surface area contributed by atoms with E-state index in [1.54, 1.807) is 0 Å². The third-order valence-corrected chi connectivity index (χ3v) is 2.92. The summed E-state index contributed by atoms with van der Waals surface area (Å²) < 4.78 is 5.90. The summed E-state index contributed by atoms with van der Waals surface area (Å²) in [6.07, 6.45) is 0. The predicted molar refractivity (Wildman–Crippen MR) is 66.7 cm³/mol. The minimum absolute atomic E-state index is 0.953. The highest BCUT2D eigenvalue weighted by Gasteiger charge is 2.24. The van der Waals surface area contributed by atoms with Crippen molar-refractivity contribution in [2.75, 3.05) is 0 Å². The Labute approximate surface area is 94.7 Å². The fourth-order valence-corrected chi connectivity index (χ4v) is 2.24. The Bertz CT molecular complexity index is 640. The van der Waals surface area contributed by atoms with Gasteiger partial charge in [0, 0.05) is 6.07 Å². The van der Waals surface area contributed by atoms with Gasteiger partial charge in [0.1, 0.15) is 0 Å². The molecule has 1 aliphatic carbocycles. The Morgan fingerprint density at radius 2 is 1.75 bits per heavy atom. The summed E-state index contributed by atoms with van der Waals surface area (Å²) in [5.41, 5.74) is 4.67. The number of hydrogen-bond donors (Lipinski definition) is 0. The van der Waals surface area contributed by atoms with Crippen LogP contribution in [0.25, 0.3) is 22.3 Å². The lowest BCUT2D eigenvalue weighted by atomic mass is 10.1. The minimum Gasteiger partial charge on any atom is -0.206 e. The van der Waals surface area contributed by atoms with Crippen LogP contribution in [0.4, 0.5) is 0 Å². The molecule has 0 unspecified atom stereocenters. The van der Waals surface area contributed by atoms with Crippen molar-refractivity contribution in [3.05, 3.63) is 53.6 Å². The summed E-state index contributed by atoms with van der Waals surface area (Å²) in [5, 5.41) is 1.21. The molecule has 0 saturated carbocycles. The van der Waals surface area contributed by atoms with Crippen LogP contribution in [0.3, 0.4) is 0 Å². The van der Waals surface area contributed by atoms with Crippen LogP contribution >= 0.6 is 0 Å². The zero-order valence-electron chi connectivity index (χ0n) is 9.45. The van der Waals surface area contributed by atoms with Crippen molar-refractivity contribution < 1.29 is 4.42 Å². The first-order valence-electron chi connectivity index (χ1n) is 5.47. The van der Waals surface area contributed by atoms with Crippen molar-refractivity contribution in [1.29, 1.82) is 0 Å². The molecule has 2 aliphatic rings. The summed E-state index contributed by atoms with van der Waals surface area (Å²) in [5.74, 6) is 0.953. The zero-order chi connectivity index (χ0) is 11.1. The summed E-state index contributed by atoms with van der Waals surface area (Å²) in [6.45, 7) is 4.21. The van der Waals surface area contributed by atoms with Crippen LogP contribution in [0.1, 0.15) is 11.1 Å². The Morgan fingerprint density at radius 1 is 0.938 bits per heavy atom. The molecule has 0 saturated heterocycles. The molecule has 1 heteroatoms. The molecular weight excluding hydrogens is 196 g/mol. The fraction of sp³-hybridized carbons (Fsp3) is 0.133. The molecule has 0 spiro atoms. The van der Waals surface area contributed by atoms with E-state index in [0.717, 1.165) is 11.3 Å². The number of benzene rings is 1. The zero-order valence-corrected chi connectivity index (χ0v) is 9.45. The molecule has 0 N–H and O–H groups in total. The first-order chi connectivity index (χ1) is 7.75. The van der Waals surface area contributed by atoms with Crippen molar-refractivity contribution in [3.8, 4) is 11.3 Å². The van der Waals surface area contributed by atoms with E-state index in [1.165, 1.54) is 22.1 Å². The van der Waals surface area contributed by atoms with Crippen LogP contribution in [0.5, 0.6) is 0 Å². The topological polar surface area (TPSA) is 11.3 Å². The van der Waals surface area contributed by atoms with Crippen molar-refractivity contribution in [2.45, 2.75) is 13.8 Å². The maximum absolute atomic E-state index is 5.90. The molecule has 3 rings (SSSR count). The molecule has 0 amide bonds. The first-order valence-corrected chi connectivity index (χ1v) is 5.47. The van der Waals surface area contributed by atoms with E-state index in [2.05, 4.69) is 38.1 Å². The molecule has 0 atom stereocenters. The molecule has 1 aromatic carbocycles. The maximum atomic E-state index is 5.90. The van der Waals surface area contributed by atoms with Gasteiger partial charge in [0.15, 0.2) is 0 Å². The van der Waals surface area contributed by atoms with Crippen LogP contribution in [0, 0.1) is 13.8 Å². The lowest BCUT2D eigenvalue weighted by molar-refractivity contribution is 0.630. The fourth-order valence-electron chi connectivity index (χ4n) is 2.24. The molecule has 16 heavy (non-hydrogen) atoms. The SMILES string of the molecule is Cc1cc(C)c2[o+]c3cccccc-3c2c1. The molecule has 0 fully saturated rings. The maximum Gasteiger partial charge on any atom is 0.364 e. The average molecular weight is 209 g/mol. The second-order valence-electron chi connectivity index (χ2n) is 4.25. The smallest absolute Gasteiger partial charge is 0.206 e. The van der Waals surface area contributed by atoms with Crippen LogP contribution in [0.15, 0.2) is 46.9 Å². The van der Waals surface area contributed by atoms with Crippen molar-refractivity contribution >= 4 is 11.0 Å². The van der Waals surface area contributed by atoms with Gasteiger partial charge < -0.3 is 0 Å². The van der Waals surface area contributed by atoms with Crippen LogP contribution < -0.4 is 0 Å². The summed E-state index contributed by atoms with van der Waals surface area (Å²) >= 11 is 0. The van der Waals surface area contributed by atoms with Gasteiger partial charge in [-0.25, -0.2) is 4.42 Å².